The Kier molecular flexibility index (Phi) is 4.73. The monoisotopic (exact) mass is 231 g/mol. The molecule has 92 valence electrons. The van der Waals surface area contributed by atoms with Crippen LogP contribution in [0, 0.1) is 5.92 Å². The van der Waals surface area contributed by atoms with E-state index in [0.717, 1.165) is 0 Å². The van der Waals surface area contributed by atoms with Crippen molar-refractivity contribution >= 4 is 13.1 Å². The van der Waals surface area contributed by atoms with Crippen LogP contribution in [0.2, 0.25) is 6.32 Å². The number of hydrogen-bond donors (Lipinski definition) is 5. The summed E-state index contributed by atoms with van der Waals surface area (Å²) in [7, 11) is -1.34. The van der Waals surface area contributed by atoms with E-state index in [1.54, 1.807) is 0 Å². The van der Waals surface area contributed by atoms with Gasteiger partial charge in [-0.25, -0.2) is 0 Å². The Bertz CT molecular complexity index is 250. The van der Waals surface area contributed by atoms with Crippen molar-refractivity contribution < 1.29 is 25.1 Å². The van der Waals surface area contributed by atoms with E-state index in [4.69, 9.17) is 15.2 Å². The van der Waals surface area contributed by atoms with Crippen LogP contribution in [0.25, 0.3) is 0 Å². The molecule has 0 bridgehead atoms. The minimum absolute atomic E-state index is 0.159. The van der Waals surface area contributed by atoms with Gasteiger partial charge in [-0.15, -0.1) is 0 Å². The van der Waals surface area contributed by atoms with Crippen LogP contribution in [-0.2, 0) is 4.79 Å². The fourth-order valence-corrected chi connectivity index (χ4v) is 2.30. The van der Waals surface area contributed by atoms with Gasteiger partial charge in [0.15, 0.2) is 0 Å². The van der Waals surface area contributed by atoms with E-state index in [1.807, 2.05) is 0 Å². The Labute approximate surface area is 94.4 Å². The first kappa shape index (κ1) is 13.4. The van der Waals surface area contributed by atoms with E-state index in [0.29, 0.717) is 25.8 Å². The molecule has 0 amide bonds. The number of carboxylic acids is 1. The van der Waals surface area contributed by atoms with Crippen LogP contribution in [-0.4, -0.2) is 52.0 Å². The Balaban J connectivity index is 2.54. The summed E-state index contributed by atoms with van der Waals surface area (Å²) in [6.45, 7) is 0.133. The summed E-state index contributed by atoms with van der Waals surface area (Å²) in [5.41, 5.74) is -1.25. The molecule has 0 spiro atoms. The lowest BCUT2D eigenvalue weighted by Crippen LogP contribution is -2.55. The zero-order valence-corrected chi connectivity index (χ0v) is 9.09. The van der Waals surface area contributed by atoms with Crippen LogP contribution in [0.3, 0.4) is 0 Å². The van der Waals surface area contributed by atoms with Crippen LogP contribution in [0.15, 0.2) is 0 Å². The van der Waals surface area contributed by atoms with Gasteiger partial charge >= 0.3 is 13.1 Å². The second-order valence-electron chi connectivity index (χ2n) is 4.26. The summed E-state index contributed by atoms with van der Waals surface area (Å²) in [6, 6.07) is 0. The number of aliphatic hydroxyl groups is 1. The molecule has 5 N–H and O–H groups in total. The highest BCUT2D eigenvalue weighted by Gasteiger charge is 2.48. The number of hydrogen-bond acceptors (Lipinski definition) is 5. The molecule has 0 aromatic carbocycles. The Morgan fingerprint density at radius 1 is 1.50 bits per heavy atom. The minimum Gasteiger partial charge on any atom is -0.480 e. The minimum atomic E-state index is -1.34. The van der Waals surface area contributed by atoms with E-state index >= 15 is 0 Å². The smallest absolute Gasteiger partial charge is 0.451 e. The second kappa shape index (κ2) is 5.63. The Morgan fingerprint density at radius 3 is 2.69 bits per heavy atom. The average Bonchev–Trinajstić information content (AvgIpc) is 2.61. The lowest BCUT2D eigenvalue weighted by atomic mass is 9.77. The molecule has 6 nitrogen and oxygen atoms in total. The maximum atomic E-state index is 11.1. The van der Waals surface area contributed by atoms with E-state index in [1.165, 1.54) is 0 Å². The number of carboxylic acid groups (broad SMARTS) is 1. The van der Waals surface area contributed by atoms with Crippen molar-refractivity contribution in [1.29, 1.82) is 0 Å². The standard InChI is InChI=1S/C9H18BNO5/c12-6-9(8(13)14)7(3-5-11-9)2-1-4-10(15)16/h7,11-12,15-16H,1-6H2,(H,13,14). The zero-order valence-electron chi connectivity index (χ0n) is 9.09. The zero-order chi connectivity index (χ0) is 12.2. The van der Waals surface area contributed by atoms with Gasteiger partial charge in [-0.05, 0) is 31.6 Å². The predicted molar refractivity (Wildman–Crippen MR) is 57.8 cm³/mol. The summed E-state index contributed by atoms with van der Waals surface area (Å²) < 4.78 is 0. The molecule has 2 unspecified atom stereocenters. The molecule has 7 heteroatoms. The van der Waals surface area contributed by atoms with Gasteiger partial charge in [0.05, 0.1) is 6.61 Å². The van der Waals surface area contributed by atoms with Gasteiger partial charge in [0, 0.05) is 0 Å². The van der Waals surface area contributed by atoms with E-state index in [-0.39, 0.29) is 12.2 Å². The molecule has 0 aliphatic carbocycles. The number of nitrogens with one attached hydrogen (secondary N) is 1. The van der Waals surface area contributed by atoms with Crippen molar-refractivity contribution in [3.8, 4) is 0 Å². The van der Waals surface area contributed by atoms with Crippen molar-refractivity contribution in [2.45, 2.75) is 31.1 Å². The fraction of sp³-hybridized carbons (Fsp3) is 0.889. The molecule has 1 aliphatic rings. The van der Waals surface area contributed by atoms with Gasteiger partial charge in [-0.1, -0.05) is 6.42 Å². The summed E-state index contributed by atoms with van der Waals surface area (Å²) in [5.74, 6) is -1.20. The number of aliphatic carboxylic acids is 1. The quantitative estimate of drug-likeness (QED) is 0.362. The molecule has 0 aromatic heterocycles. The molecule has 1 aliphatic heterocycles. The molecule has 1 heterocycles. The van der Waals surface area contributed by atoms with Crippen LogP contribution in [0.1, 0.15) is 19.3 Å². The maximum Gasteiger partial charge on any atom is 0.451 e. The highest BCUT2D eigenvalue weighted by molar-refractivity contribution is 6.40. The topological polar surface area (TPSA) is 110 Å². The molecule has 0 radical (unpaired) electrons. The molecule has 16 heavy (non-hydrogen) atoms. The number of aliphatic hydroxyl groups excluding tert-OH is 1. The summed E-state index contributed by atoms with van der Waals surface area (Å²) in [4.78, 5) is 11.1. The van der Waals surface area contributed by atoms with Crippen molar-refractivity contribution in [2.24, 2.45) is 5.92 Å². The van der Waals surface area contributed by atoms with Gasteiger partial charge in [-0.2, -0.15) is 0 Å². The fourth-order valence-electron chi connectivity index (χ4n) is 2.30. The first-order chi connectivity index (χ1) is 7.53. The summed E-state index contributed by atoms with van der Waals surface area (Å²) in [5, 5.41) is 38.6. The van der Waals surface area contributed by atoms with Crippen molar-refractivity contribution in [3.63, 3.8) is 0 Å². The maximum absolute atomic E-state index is 11.1. The normalized spacial score (nSPS) is 29.3. The molecule has 0 aromatic rings. The van der Waals surface area contributed by atoms with Crippen molar-refractivity contribution in [3.05, 3.63) is 0 Å². The predicted octanol–water partition coefficient (Wildman–Crippen LogP) is -1.34. The van der Waals surface area contributed by atoms with Crippen LogP contribution < -0.4 is 5.32 Å². The van der Waals surface area contributed by atoms with Crippen LogP contribution in [0.4, 0.5) is 0 Å². The first-order valence-electron chi connectivity index (χ1n) is 5.48. The first-order valence-corrected chi connectivity index (χ1v) is 5.48. The SMILES string of the molecule is O=C(O)C1(CO)NCCC1CCCB(O)O. The summed E-state index contributed by atoms with van der Waals surface area (Å²) >= 11 is 0. The van der Waals surface area contributed by atoms with Crippen LogP contribution in [0.5, 0.6) is 0 Å². The van der Waals surface area contributed by atoms with Gasteiger partial charge in [0.2, 0.25) is 0 Å². The number of carbonyl (C=O) groups is 1. The molecule has 1 fully saturated rings. The van der Waals surface area contributed by atoms with Crippen molar-refractivity contribution in [1.82, 2.24) is 5.32 Å². The largest absolute Gasteiger partial charge is 0.480 e. The molecule has 1 rings (SSSR count). The van der Waals surface area contributed by atoms with Crippen molar-refractivity contribution in [2.75, 3.05) is 13.2 Å². The van der Waals surface area contributed by atoms with Gasteiger partial charge < -0.3 is 20.3 Å². The molecular formula is C9H18BNO5. The van der Waals surface area contributed by atoms with Gasteiger partial charge in [-0.3, -0.25) is 10.1 Å². The second-order valence-corrected chi connectivity index (χ2v) is 4.26. The Hall–Kier alpha value is -0.625. The lowest BCUT2D eigenvalue weighted by Gasteiger charge is -2.29. The highest BCUT2D eigenvalue weighted by Crippen LogP contribution is 2.31. The third kappa shape index (κ3) is 2.73. The lowest BCUT2D eigenvalue weighted by molar-refractivity contribution is -0.148. The van der Waals surface area contributed by atoms with Gasteiger partial charge in [0.25, 0.3) is 0 Å². The number of rotatable bonds is 6. The average molecular weight is 231 g/mol. The van der Waals surface area contributed by atoms with Crippen LogP contribution >= 0.6 is 0 Å². The molecule has 2 atom stereocenters. The third-order valence-corrected chi connectivity index (χ3v) is 3.28. The van der Waals surface area contributed by atoms with Gasteiger partial charge in [0.1, 0.15) is 5.54 Å². The molecule has 1 saturated heterocycles. The van der Waals surface area contributed by atoms with E-state index < -0.39 is 25.2 Å². The van der Waals surface area contributed by atoms with E-state index in [2.05, 4.69) is 5.32 Å². The molecular weight excluding hydrogens is 213 g/mol. The van der Waals surface area contributed by atoms with E-state index in [9.17, 15) is 9.90 Å². The highest BCUT2D eigenvalue weighted by atomic mass is 16.4. The molecule has 0 saturated carbocycles. The third-order valence-electron chi connectivity index (χ3n) is 3.28. The summed E-state index contributed by atoms with van der Waals surface area (Å²) in [6.07, 6.45) is 2.03. The Morgan fingerprint density at radius 2 is 2.19 bits per heavy atom.